The van der Waals surface area contributed by atoms with E-state index in [4.69, 9.17) is 39.6 Å². The zero-order chi connectivity index (χ0) is 38.9. The Morgan fingerprint density at radius 3 is 2.31 bits per heavy atom. The fourth-order valence-electron chi connectivity index (χ4n) is 6.31. The van der Waals surface area contributed by atoms with Gasteiger partial charge >= 0.3 is 24.1 Å². The molecular formula is C38H64N2O10Si. The predicted molar refractivity (Wildman–Crippen MR) is 198 cm³/mol. The first-order chi connectivity index (χ1) is 23.5. The number of cyclic esters (lactones) is 1. The van der Waals surface area contributed by atoms with Crippen LogP contribution in [0, 0.1) is 17.8 Å². The number of nitrogens with two attached hydrogens (primary N) is 2. The maximum absolute atomic E-state index is 13.6. The number of hydrogen-bond donors (Lipinski definition) is 2. The lowest BCUT2D eigenvalue weighted by Gasteiger charge is -2.41. The summed E-state index contributed by atoms with van der Waals surface area (Å²) in [5.41, 5.74) is 10.2. The van der Waals surface area contributed by atoms with Gasteiger partial charge in [0.15, 0.2) is 20.0 Å². The Morgan fingerprint density at radius 1 is 1.12 bits per heavy atom. The van der Waals surface area contributed by atoms with E-state index in [1.807, 2.05) is 39.8 Å². The minimum absolute atomic E-state index is 0.00109. The van der Waals surface area contributed by atoms with Gasteiger partial charge in [0.2, 0.25) is 0 Å². The molecule has 10 unspecified atom stereocenters. The van der Waals surface area contributed by atoms with E-state index in [1.165, 1.54) is 6.92 Å². The summed E-state index contributed by atoms with van der Waals surface area (Å²) < 4.78 is 35.4. The van der Waals surface area contributed by atoms with Gasteiger partial charge in [-0.05, 0) is 75.2 Å². The van der Waals surface area contributed by atoms with Crippen molar-refractivity contribution in [2.24, 2.45) is 29.2 Å². The Kier molecular flexibility index (Phi) is 16.0. The summed E-state index contributed by atoms with van der Waals surface area (Å²) in [5, 5.41) is -0.126. The first-order valence-electron chi connectivity index (χ1n) is 18.2. The van der Waals surface area contributed by atoms with Gasteiger partial charge in [0.05, 0.1) is 24.7 Å². The van der Waals surface area contributed by atoms with Crippen molar-refractivity contribution in [1.29, 1.82) is 0 Å². The molecule has 2 aliphatic heterocycles. The topological polar surface area (TPSA) is 179 Å². The second-order valence-electron chi connectivity index (χ2n) is 16.1. The Morgan fingerprint density at radius 2 is 1.76 bits per heavy atom. The van der Waals surface area contributed by atoms with E-state index in [1.54, 1.807) is 19.1 Å². The quantitative estimate of drug-likeness (QED) is 0.0488. The predicted octanol–water partition coefficient (Wildman–Crippen LogP) is 7.26. The van der Waals surface area contributed by atoms with Crippen molar-refractivity contribution in [2.45, 2.75) is 162 Å². The van der Waals surface area contributed by atoms with Crippen molar-refractivity contribution >= 4 is 32.4 Å². The summed E-state index contributed by atoms with van der Waals surface area (Å²) in [7, 11) is -2.34. The van der Waals surface area contributed by atoms with Crippen LogP contribution in [0.5, 0.6) is 0 Å². The molecule has 0 aromatic carbocycles. The van der Waals surface area contributed by atoms with E-state index < -0.39 is 56.4 Å². The largest absolute Gasteiger partial charge is 0.457 e. The molecule has 290 valence electrons. The summed E-state index contributed by atoms with van der Waals surface area (Å²) in [6.45, 7) is 23.4. The Labute approximate surface area is 306 Å². The molecule has 1 fully saturated rings. The standard InChI is InChI=1S/C38H64N2O10Si/c1-13-29(47-35(39)43)26(5)34-30(46-34)21-23(2)15-14-16-24(3)33-25(4)17-18-31(45-27(6)41)38(10,49-36(40)44)20-19-28(22-32(42)48-33)50-51(11,12)37(7,8)9/h14-18,23,25-26,28-31,33-34H,13,19-22H2,1-12H3,(H2,39,43)(H2,40,44). The molecule has 12 nitrogen and oxygen atoms in total. The Hall–Kier alpha value is -3.16. The van der Waals surface area contributed by atoms with Crippen LogP contribution in [0.25, 0.3) is 0 Å². The lowest BCUT2D eigenvalue weighted by molar-refractivity contribution is -0.157. The van der Waals surface area contributed by atoms with E-state index in [0.717, 1.165) is 12.0 Å². The lowest BCUT2D eigenvalue weighted by atomic mass is 9.88. The third-order valence-corrected chi connectivity index (χ3v) is 15.0. The smallest absolute Gasteiger partial charge is 0.405 e. The molecule has 13 heteroatoms. The van der Waals surface area contributed by atoms with Crippen LogP contribution < -0.4 is 11.5 Å². The van der Waals surface area contributed by atoms with E-state index in [0.29, 0.717) is 12.8 Å². The highest BCUT2D eigenvalue weighted by Crippen LogP contribution is 2.40. The van der Waals surface area contributed by atoms with Crippen LogP contribution >= 0.6 is 0 Å². The monoisotopic (exact) mass is 736 g/mol. The summed E-state index contributed by atoms with van der Waals surface area (Å²) >= 11 is 0. The van der Waals surface area contributed by atoms with Gasteiger partial charge in [-0.25, -0.2) is 9.59 Å². The molecule has 10 atom stereocenters. The number of primary amides is 2. The number of amides is 2. The Balaban J connectivity index is 2.35. The van der Waals surface area contributed by atoms with Crippen LogP contribution in [0.4, 0.5) is 9.59 Å². The number of hydrogen-bond acceptors (Lipinski definition) is 10. The number of epoxide rings is 1. The SMILES string of the molecule is CCC(OC(N)=O)C(C)C1OC1CC(C)C=CC=C(C)C1OC(=O)CC(O[Si](C)(C)C(C)(C)C)CCC(C)(OC(N)=O)C(OC(C)=O)C=CC1C. The molecule has 0 saturated carbocycles. The van der Waals surface area contributed by atoms with Crippen LogP contribution in [0.3, 0.4) is 0 Å². The number of esters is 2. The normalized spacial score (nSPS) is 29.9. The molecule has 1 saturated heterocycles. The van der Waals surface area contributed by atoms with Crippen molar-refractivity contribution in [3.05, 3.63) is 36.0 Å². The van der Waals surface area contributed by atoms with E-state index in [9.17, 15) is 19.2 Å². The van der Waals surface area contributed by atoms with Crippen LogP contribution in [-0.2, 0) is 37.7 Å². The van der Waals surface area contributed by atoms with Gasteiger partial charge in [0.1, 0.15) is 12.2 Å². The molecule has 0 aromatic rings. The molecule has 51 heavy (non-hydrogen) atoms. The maximum Gasteiger partial charge on any atom is 0.405 e. The number of ether oxygens (including phenoxy) is 5. The van der Waals surface area contributed by atoms with Crippen LogP contribution in [0.1, 0.15) is 101 Å². The third kappa shape index (κ3) is 13.7. The van der Waals surface area contributed by atoms with Gasteiger partial charge < -0.3 is 39.6 Å². The van der Waals surface area contributed by atoms with Crippen molar-refractivity contribution < 1.29 is 47.3 Å². The average Bonchev–Trinajstić information content (AvgIpc) is 3.75. The molecule has 0 aromatic heterocycles. The fraction of sp³-hybridized carbons (Fsp3) is 0.737. The molecule has 0 radical (unpaired) electrons. The molecule has 2 aliphatic rings. The second kappa shape index (κ2) is 18.5. The van der Waals surface area contributed by atoms with Crippen molar-refractivity contribution in [2.75, 3.05) is 0 Å². The first-order valence-corrected chi connectivity index (χ1v) is 21.1. The number of carbonyl (C=O) groups excluding carboxylic acids is 4. The lowest BCUT2D eigenvalue weighted by Crippen LogP contribution is -2.48. The number of carbonyl (C=O) groups is 4. The second-order valence-corrected chi connectivity index (χ2v) is 20.8. The van der Waals surface area contributed by atoms with Gasteiger partial charge in [-0.3, -0.25) is 9.59 Å². The molecule has 0 bridgehead atoms. The van der Waals surface area contributed by atoms with Crippen molar-refractivity contribution in [3.63, 3.8) is 0 Å². The van der Waals surface area contributed by atoms with E-state index >= 15 is 0 Å². The highest BCUT2D eigenvalue weighted by atomic mass is 28.4. The molecule has 2 heterocycles. The molecule has 0 spiro atoms. The Bertz CT molecular complexity index is 1310. The first kappa shape index (κ1) is 44.0. The summed E-state index contributed by atoms with van der Waals surface area (Å²) in [6.07, 6.45) is 7.30. The van der Waals surface area contributed by atoms with Crippen LogP contribution in [0.2, 0.25) is 18.1 Å². The minimum atomic E-state index is -2.34. The summed E-state index contributed by atoms with van der Waals surface area (Å²) in [5.74, 6) is -1.07. The van der Waals surface area contributed by atoms with Crippen LogP contribution in [0.15, 0.2) is 36.0 Å². The van der Waals surface area contributed by atoms with Gasteiger partial charge in [0, 0.05) is 18.8 Å². The third-order valence-electron chi connectivity index (χ3n) is 10.4. The summed E-state index contributed by atoms with van der Waals surface area (Å²) in [4.78, 5) is 49.2. The van der Waals surface area contributed by atoms with Gasteiger partial charge in [-0.2, -0.15) is 0 Å². The maximum atomic E-state index is 13.6. The minimum Gasteiger partial charge on any atom is -0.457 e. The molecule has 2 rings (SSSR count). The average molecular weight is 737 g/mol. The van der Waals surface area contributed by atoms with Crippen molar-refractivity contribution in [3.8, 4) is 0 Å². The highest BCUT2D eigenvalue weighted by molar-refractivity contribution is 6.74. The number of allylic oxidation sites excluding steroid dienone is 3. The zero-order valence-electron chi connectivity index (χ0n) is 32.9. The zero-order valence-corrected chi connectivity index (χ0v) is 33.9. The van der Waals surface area contributed by atoms with Gasteiger partial charge in [-0.1, -0.05) is 72.8 Å². The molecule has 2 amide bonds. The van der Waals surface area contributed by atoms with Crippen LogP contribution in [-0.4, -0.2) is 74.7 Å². The number of rotatable bonds is 13. The molecule has 0 aliphatic carbocycles. The van der Waals surface area contributed by atoms with Crippen molar-refractivity contribution in [1.82, 2.24) is 0 Å². The summed E-state index contributed by atoms with van der Waals surface area (Å²) in [6, 6.07) is 0. The highest BCUT2D eigenvalue weighted by Gasteiger charge is 2.46. The van der Waals surface area contributed by atoms with E-state index in [-0.39, 0.29) is 53.9 Å². The van der Waals surface area contributed by atoms with Gasteiger partial charge in [0.25, 0.3) is 0 Å². The molecule has 4 N–H and O–H groups in total. The van der Waals surface area contributed by atoms with E-state index in [2.05, 4.69) is 46.9 Å². The van der Waals surface area contributed by atoms with Gasteiger partial charge in [-0.15, -0.1) is 0 Å². The fourth-order valence-corrected chi connectivity index (χ4v) is 7.70. The molecular weight excluding hydrogens is 673 g/mol.